The first kappa shape index (κ1) is 20.5. The summed E-state index contributed by atoms with van der Waals surface area (Å²) in [5.74, 6) is -0.604. The summed E-state index contributed by atoms with van der Waals surface area (Å²) in [4.78, 5) is 17.2. The van der Waals surface area contributed by atoms with Crippen molar-refractivity contribution in [2.75, 3.05) is 18.4 Å². The largest absolute Gasteiger partial charge is 0.324 e. The number of amides is 1. The molecule has 1 N–H and O–H groups in total. The first-order chi connectivity index (χ1) is 13.8. The molecule has 0 aromatic carbocycles. The summed E-state index contributed by atoms with van der Waals surface area (Å²) < 4.78 is 29.9. The van der Waals surface area contributed by atoms with Gasteiger partial charge >= 0.3 is 0 Å². The molecule has 0 spiro atoms. The van der Waals surface area contributed by atoms with Gasteiger partial charge in [0.15, 0.2) is 5.65 Å². The van der Waals surface area contributed by atoms with Crippen LogP contribution in [-0.4, -0.2) is 46.5 Å². The van der Waals surface area contributed by atoms with Gasteiger partial charge in [0.05, 0.1) is 27.3 Å². The Morgan fingerprint density at radius 2 is 2.17 bits per heavy atom. The molecule has 0 aliphatic carbocycles. The van der Waals surface area contributed by atoms with E-state index in [9.17, 15) is 13.2 Å². The minimum atomic E-state index is -3.59. The summed E-state index contributed by atoms with van der Waals surface area (Å²) in [7, 11) is -1.77. The predicted molar refractivity (Wildman–Crippen MR) is 115 cm³/mol. The molecule has 8 nitrogen and oxygen atoms in total. The van der Waals surface area contributed by atoms with Crippen molar-refractivity contribution in [3.8, 4) is 0 Å². The molecule has 1 unspecified atom stereocenters. The number of anilines is 1. The summed E-state index contributed by atoms with van der Waals surface area (Å²) in [6, 6.07) is 5.16. The monoisotopic (exact) mass is 497 g/mol. The van der Waals surface area contributed by atoms with E-state index in [1.807, 2.05) is 20.0 Å². The molecule has 1 aliphatic heterocycles. The fourth-order valence-corrected chi connectivity index (χ4v) is 7.25. The molecule has 3 aromatic heterocycles. The zero-order valence-corrected chi connectivity index (χ0v) is 19.1. The van der Waals surface area contributed by atoms with Crippen LogP contribution in [0.4, 0.5) is 5.69 Å². The van der Waals surface area contributed by atoms with E-state index in [0.717, 1.165) is 20.5 Å². The summed E-state index contributed by atoms with van der Waals surface area (Å²) in [6.45, 7) is 2.48. The van der Waals surface area contributed by atoms with Crippen molar-refractivity contribution < 1.29 is 13.2 Å². The van der Waals surface area contributed by atoms with Crippen LogP contribution >= 0.6 is 27.3 Å². The highest BCUT2D eigenvalue weighted by atomic mass is 79.9. The molecule has 4 heterocycles. The minimum Gasteiger partial charge on any atom is -0.324 e. The highest BCUT2D eigenvalue weighted by Gasteiger charge is 2.34. The fraction of sp³-hybridized carbons (Fsp3) is 0.389. The second-order valence-electron chi connectivity index (χ2n) is 7.05. The molecule has 1 saturated heterocycles. The van der Waals surface area contributed by atoms with E-state index in [-0.39, 0.29) is 16.7 Å². The molecule has 4 rings (SSSR count). The van der Waals surface area contributed by atoms with Gasteiger partial charge in [-0.25, -0.2) is 13.4 Å². The lowest BCUT2D eigenvalue weighted by Crippen LogP contribution is -2.43. The number of hydrogen-bond acceptors (Lipinski definition) is 6. The van der Waals surface area contributed by atoms with Gasteiger partial charge in [-0.1, -0.05) is 0 Å². The van der Waals surface area contributed by atoms with Crippen LogP contribution in [0, 0.1) is 12.8 Å². The summed E-state index contributed by atoms with van der Waals surface area (Å²) in [5, 5.41) is 8.10. The van der Waals surface area contributed by atoms with Gasteiger partial charge in [0.25, 0.3) is 10.0 Å². The Morgan fingerprint density at radius 1 is 1.38 bits per heavy atom. The molecule has 0 saturated carbocycles. The lowest BCUT2D eigenvalue weighted by atomic mass is 9.99. The first-order valence-corrected chi connectivity index (χ1v) is 12.2. The second kappa shape index (κ2) is 7.78. The molecule has 0 radical (unpaired) electrons. The molecule has 0 bridgehead atoms. The van der Waals surface area contributed by atoms with E-state index < -0.39 is 15.9 Å². The number of thiophene rings is 1. The fourth-order valence-electron chi connectivity index (χ4n) is 3.56. The lowest BCUT2D eigenvalue weighted by molar-refractivity contribution is -0.120. The molecule has 154 valence electrons. The lowest BCUT2D eigenvalue weighted by Gasteiger charge is -2.30. The van der Waals surface area contributed by atoms with Crippen molar-refractivity contribution in [2.24, 2.45) is 13.0 Å². The number of nitrogens with one attached hydrogen (secondary N) is 1. The number of sulfonamides is 1. The van der Waals surface area contributed by atoms with E-state index in [1.54, 1.807) is 23.0 Å². The van der Waals surface area contributed by atoms with E-state index in [1.165, 1.54) is 15.6 Å². The molecule has 3 aromatic rings. The molecule has 1 fully saturated rings. The molecule has 1 aliphatic rings. The van der Waals surface area contributed by atoms with Crippen molar-refractivity contribution in [3.63, 3.8) is 0 Å². The average molecular weight is 498 g/mol. The van der Waals surface area contributed by atoms with Crippen LogP contribution in [0.25, 0.3) is 11.0 Å². The number of piperidine rings is 1. The quantitative estimate of drug-likeness (QED) is 0.596. The minimum absolute atomic E-state index is 0.172. The van der Waals surface area contributed by atoms with Crippen LogP contribution in [0.1, 0.15) is 18.5 Å². The van der Waals surface area contributed by atoms with Crippen LogP contribution in [0.2, 0.25) is 0 Å². The van der Waals surface area contributed by atoms with Crippen molar-refractivity contribution in [3.05, 3.63) is 33.9 Å². The maximum atomic E-state index is 12.9. The van der Waals surface area contributed by atoms with E-state index in [0.29, 0.717) is 25.1 Å². The van der Waals surface area contributed by atoms with Crippen LogP contribution in [0.15, 0.2) is 32.4 Å². The Balaban J connectivity index is 1.50. The second-order valence-corrected chi connectivity index (χ2v) is 11.7. The molecular weight excluding hydrogens is 478 g/mol. The summed E-state index contributed by atoms with van der Waals surface area (Å²) >= 11 is 4.48. The van der Waals surface area contributed by atoms with Crippen molar-refractivity contribution in [1.29, 1.82) is 0 Å². The molecular formula is C18H20BrN5O3S2. The highest BCUT2D eigenvalue weighted by Crippen LogP contribution is 2.31. The number of aromatic nitrogens is 3. The third-order valence-corrected chi connectivity index (χ3v) is 8.98. The molecule has 1 atom stereocenters. The first-order valence-electron chi connectivity index (χ1n) is 9.11. The number of rotatable bonds is 4. The predicted octanol–water partition coefficient (Wildman–Crippen LogP) is 3.14. The van der Waals surface area contributed by atoms with Crippen molar-refractivity contribution in [2.45, 2.75) is 24.0 Å². The third-order valence-electron chi connectivity index (χ3n) is 5.03. The molecule has 1 amide bonds. The number of fused-ring (bicyclic) bond motifs is 1. The van der Waals surface area contributed by atoms with Gasteiger partial charge in [0.2, 0.25) is 5.91 Å². The Labute approximate surface area is 181 Å². The van der Waals surface area contributed by atoms with Gasteiger partial charge in [0, 0.05) is 25.5 Å². The topological polar surface area (TPSA) is 97.2 Å². The number of nitrogens with zero attached hydrogens (tertiary/aromatic N) is 4. The Hall–Kier alpha value is -1.82. The van der Waals surface area contributed by atoms with Gasteiger partial charge in [-0.3, -0.25) is 9.48 Å². The van der Waals surface area contributed by atoms with Gasteiger partial charge in [-0.2, -0.15) is 9.40 Å². The zero-order valence-electron chi connectivity index (χ0n) is 15.9. The number of carbonyl (C=O) groups excluding carboxylic acids is 1. The number of carbonyl (C=O) groups is 1. The summed E-state index contributed by atoms with van der Waals surface area (Å²) in [6.07, 6.45) is 2.89. The van der Waals surface area contributed by atoms with Crippen LogP contribution < -0.4 is 5.32 Å². The molecule has 11 heteroatoms. The average Bonchev–Trinajstić information content (AvgIpc) is 3.26. The van der Waals surface area contributed by atoms with Gasteiger partial charge in [-0.15, -0.1) is 11.3 Å². The normalized spacial score (nSPS) is 18.2. The Bertz CT molecular complexity index is 1190. The number of halogens is 1. The van der Waals surface area contributed by atoms with Gasteiger partial charge in [0.1, 0.15) is 4.21 Å². The van der Waals surface area contributed by atoms with Gasteiger partial charge in [-0.05, 0) is 53.9 Å². The molecule has 29 heavy (non-hydrogen) atoms. The van der Waals surface area contributed by atoms with Crippen LogP contribution in [0.5, 0.6) is 0 Å². The maximum Gasteiger partial charge on any atom is 0.252 e. The van der Waals surface area contributed by atoms with Crippen LogP contribution in [0.3, 0.4) is 0 Å². The standard InChI is InChI=1S/C18H20BrN5O3S2/c1-11-14-8-13(9-20-17(14)23(2)22-11)21-18(25)12-4-3-7-24(10-12)29(26,27)16-6-5-15(19)28-16/h5-6,8-9,12H,3-4,7,10H2,1-2H3,(H,21,25). The van der Waals surface area contributed by atoms with E-state index >= 15 is 0 Å². The van der Waals surface area contributed by atoms with Crippen LogP contribution in [-0.2, 0) is 21.9 Å². The number of hydrogen-bond donors (Lipinski definition) is 1. The smallest absolute Gasteiger partial charge is 0.252 e. The van der Waals surface area contributed by atoms with Gasteiger partial charge < -0.3 is 5.32 Å². The van der Waals surface area contributed by atoms with E-state index in [4.69, 9.17) is 0 Å². The van der Waals surface area contributed by atoms with E-state index in [2.05, 4.69) is 31.3 Å². The highest BCUT2D eigenvalue weighted by molar-refractivity contribution is 9.11. The SMILES string of the molecule is Cc1nn(C)c2ncc(NC(=O)C3CCCN(S(=O)(=O)c4ccc(Br)s4)C3)cc12. The number of pyridine rings is 1. The van der Waals surface area contributed by atoms with Crippen molar-refractivity contribution in [1.82, 2.24) is 19.1 Å². The summed E-state index contributed by atoms with van der Waals surface area (Å²) in [5.41, 5.74) is 2.17. The Morgan fingerprint density at radius 3 is 2.90 bits per heavy atom. The maximum absolute atomic E-state index is 12.9. The Kier molecular flexibility index (Phi) is 5.49. The number of aryl methyl sites for hydroxylation is 2. The zero-order chi connectivity index (χ0) is 20.8. The van der Waals surface area contributed by atoms with Crippen molar-refractivity contribution >= 4 is 59.9 Å². The third kappa shape index (κ3) is 3.96.